The summed E-state index contributed by atoms with van der Waals surface area (Å²) < 4.78 is 11.0. The molecule has 0 N–H and O–H groups in total. The number of carbonyl (C=O) groups is 1. The summed E-state index contributed by atoms with van der Waals surface area (Å²) in [7, 11) is 0. The van der Waals surface area contributed by atoms with Crippen molar-refractivity contribution in [2.75, 3.05) is 6.54 Å². The molecule has 0 spiro atoms. The van der Waals surface area contributed by atoms with Crippen molar-refractivity contribution in [2.45, 2.75) is 45.6 Å². The van der Waals surface area contributed by atoms with Crippen LogP contribution in [0.1, 0.15) is 52.9 Å². The van der Waals surface area contributed by atoms with Gasteiger partial charge in [-0.1, -0.05) is 6.92 Å². The van der Waals surface area contributed by atoms with Gasteiger partial charge in [0, 0.05) is 16.8 Å². The van der Waals surface area contributed by atoms with E-state index in [0.29, 0.717) is 30.6 Å². The lowest BCUT2D eigenvalue weighted by Gasteiger charge is -2.21. The molecule has 0 saturated heterocycles. The van der Waals surface area contributed by atoms with Gasteiger partial charge in [0.1, 0.15) is 0 Å². The molecule has 0 fully saturated rings. The third-order valence-corrected chi connectivity index (χ3v) is 5.69. The Morgan fingerprint density at radius 2 is 2.19 bits per heavy atom. The SMILES string of the molecule is CCCN(Cc1nnc(-c2ccco2)o1)C(=O)c1csc2c1CCCC2. The molecule has 6 nitrogen and oxygen atoms in total. The van der Waals surface area contributed by atoms with Gasteiger partial charge in [-0.2, -0.15) is 0 Å². The first-order valence-electron chi connectivity index (χ1n) is 9.01. The van der Waals surface area contributed by atoms with Crippen LogP contribution in [0.3, 0.4) is 0 Å². The topological polar surface area (TPSA) is 72.4 Å². The van der Waals surface area contributed by atoms with E-state index in [1.165, 1.54) is 16.9 Å². The molecule has 3 aromatic rings. The van der Waals surface area contributed by atoms with E-state index in [2.05, 4.69) is 17.1 Å². The molecule has 0 aliphatic heterocycles. The molecule has 3 aromatic heterocycles. The summed E-state index contributed by atoms with van der Waals surface area (Å²) in [6, 6.07) is 3.54. The van der Waals surface area contributed by atoms with Crippen molar-refractivity contribution in [1.29, 1.82) is 0 Å². The Kier molecular flexibility index (Phi) is 4.88. The summed E-state index contributed by atoms with van der Waals surface area (Å²) in [5, 5.41) is 10.1. The molecule has 0 unspecified atom stereocenters. The van der Waals surface area contributed by atoms with Crippen molar-refractivity contribution in [1.82, 2.24) is 15.1 Å². The van der Waals surface area contributed by atoms with E-state index in [4.69, 9.17) is 8.83 Å². The third kappa shape index (κ3) is 3.31. The van der Waals surface area contributed by atoms with E-state index >= 15 is 0 Å². The minimum absolute atomic E-state index is 0.0593. The maximum Gasteiger partial charge on any atom is 0.283 e. The van der Waals surface area contributed by atoms with Crippen LogP contribution in [-0.4, -0.2) is 27.5 Å². The quantitative estimate of drug-likeness (QED) is 0.645. The number of furan rings is 1. The Morgan fingerprint density at radius 1 is 1.31 bits per heavy atom. The van der Waals surface area contributed by atoms with Crippen molar-refractivity contribution in [3.8, 4) is 11.7 Å². The molecule has 136 valence electrons. The van der Waals surface area contributed by atoms with Crippen molar-refractivity contribution in [3.05, 3.63) is 45.7 Å². The number of aryl methyl sites for hydroxylation is 1. The summed E-state index contributed by atoms with van der Waals surface area (Å²) in [5.74, 6) is 1.34. The number of aromatic nitrogens is 2. The van der Waals surface area contributed by atoms with Crippen molar-refractivity contribution >= 4 is 17.2 Å². The maximum atomic E-state index is 13.1. The van der Waals surface area contributed by atoms with Gasteiger partial charge in [0.05, 0.1) is 18.4 Å². The Hall–Kier alpha value is -2.41. The normalized spacial score (nSPS) is 13.6. The first-order chi connectivity index (χ1) is 12.8. The lowest BCUT2D eigenvalue weighted by Crippen LogP contribution is -2.32. The molecule has 0 bridgehead atoms. The molecule has 0 atom stereocenters. The zero-order chi connectivity index (χ0) is 17.9. The standard InChI is InChI=1S/C19H21N3O3S/c1-2-9-22(11-17-20-21-18(25-17)15-7-5-10-24-15)19(23)14-12-26-16-8-4-3-6-13(14)16/h5,7,10,12H,2-4,6,8-9,11H2,1H3. The van der Waals surface area contributed by atoms with Gasteiger partial charge < -0.3 is 13.7 Å². The van der Waals surface area contributed by atoms with Crippen molar-refractivity contribution in [3.63, 3.8) is 0 Å². The van der Waals surface area contributed by atoms with Crippen LogP contribution in [0.2, 0.25) is 0 Å². The third-order valence-electron chi connectivity index (χ3n) is 4.60. The monoisotopic (exact) mass is 371 g/mol. The lowest BCUT2D eigenvalue weighted by molar-refractivity contribution is 0.0728. The summed E-state index contributed by atoms with van der Waals surface area (Å²) >= 11 is 1.71. The fourth-order valence-electron chi connectivity index (χ4n) is 3.35. The second-order valence-electron chi connectivity index (χ2n) is 6.46. The lowest BCUT2D eigenvalue weighted by atomic mass is 9.95. The number of thiophene rings is 1. The maximum absolute atomic E-state index is 13.1. The second-order valence-corrected chi connectivity index (χ2v) is 7.43. The summed E-state index contributed by atoms with van der Waals surface area (Å²) in [4.78, 5) is 16.3. The minimum atomic E-state index is 0.0593. The Bertz CT molecular complexity index is 882. The molecule has 26 heavy (non-hydrogen) atoms. The van der Waals surface area contributed by atoms with Gasteiger partial charge in [-0.15, -0.1) is 21.5 Å². The average Bonchev–Trinajstić information content (AvgIpc) is 3.40. The van der Waals surface area contributed by atoms with E-state index in [1.807, 2.05) is 5.38 Å². The first kappa shape index (κ1) is 17.0. The van der Waals surface area contributed by atoms with Gasteiger partial charge in [-0.25, -0.2) is 0 Å². The zero-order valence-electron chi connectivity index (χ0n) is 14.7. The van der Waals surface area contributed by atoms with E-state index in [-0.39, 0.29) is 5.91 Å². The molecule has 0 aromatic carbocycles. The van der Waals surface area contributed by atoms with E-state index in [9.17, 15) is 4.79 Å². The van der Waals surface area contributed by atoms with Crippen LogP contribution in [0.15, 0.2) is 32.6 Å². The van der Waals surface area contributed by atoms with Crippen LogP contribution in [0.5, 0.6) is 0 Å². The van der Waals surface area contributed by atoms with Crippen molar-refractivity contribution < 1.29 is 13.6 Å². The molecule has 1 aliphatic carbocycles. The molecule has 0 saturated carbocycles. The highest BCUT2D eigenvalue weighted by molar-refractivity contribution is 7.10. The predicted molar refractivity (Wildman–Crippen MR) is 98.0 cm³/mol. The van der Waals surface area contributed by atoms with Gasteiger partial charge in [-0.05, 0) is 49.8 Å². The number of fused-ring (bicyclic) bond motifs is 1. The number of hydrogen-bond donors (Lipinski definition) is 0. The number of carbonyl (C=O) groups excluding carboxylic acids is 1. The highest BCUT2D eigenvalue weighted by Gasteiger charge is 2.25. The summed E-state index contributed by atoms with van der Waals surface area (Å²) in [6.07, 6.45) is 6.91. The van der Waals surface area contributed by atoms with Gasteiger partial charge in [0.25, 0.3) is 11.8 Å². The smallest absolute Gasteiger partial charge is 0.283 e. The number of hydrogen-bond acceptors (Lipinski definition) is 6. The molecule has 7 heteroatoms. The zero-order valence-corrected chi connectivity index (χ0v) is 15.6. The molecule has 4 rings (SSSR count). The van der Waals surface area contributed by atoms with Crippen LogP contribution >= 0.6 is 11.3 Å². The number of amides is 1. The fourth-order valence-corrected chi connectivity index (χ4v) is 4.47. The molecular formula is C19H21N3O3S. The molecule has 1 aliphatic rings. The van der Waals surface area contributed by atoms with Gasteiger partial charge >= 0.3 is 0 Å². The van der Waals surface area contributed by atoms with Crippen LogP contribution in [-0.2, 0) is 19.4 Å². The van der Waals surface area contributed by atoms with E-state index in [0.717, 1.165) is 31.2 Å². The van der Waals surface area contributed by atoms with Crippen LogP contribution in [0, 0.1) is 0 Å². The Morgan fingerprint density at radius 3 is 3.00 bits per heavy atom. The predicted octanol–water partition coefficient (Wildman–Crippen LogP) is 4.32. The molecule has 1 amide bonds. The summed E-state index contributed by atoms with van der Waals surface area (Å²) in [6.45, 7) is 3.03. The number of nitrogens with zero attached hydrogens (tertiary/aromatic N) is 3. The summed E-state index contributed by atoms with van der Waals surface area (Å²) in [5.41, 5.74) is 2.10. The first-order valence-corrected chi connectivity index (χ1v) is 9.89. The highest BCUT2D eigenvalue weighted by Crippen LogP contribution is 2.31. The number of rotatable bonds is 6. The van der Waals surface area contributed by atoms with Gasteiger partial charge in [0.2, 0.25) is 5.89 Å². The Balaban J connectivity index is 1.54. The van der Waals surface area contributed by atoms with Gasteiger partial charge in [-0.3, -0.25) is 4.79 Å². The molecule has 0 radical (unpaired) electrons. The van der Waals surface area contributed by atoms with Crippen molar-refractivity contribution in [2.24, 2.45) is 0 Å². The average molecular weight is 371 g/mol. The Labute approximate surface area is 155 Å². The minimum Gasteiger partial charge on any atom is -0.459 e. The second kappa shape index (κ2) is 7.45. The molecular weight excluding hydrogens is 350 g/mol. The fraction of sp³-hybridized carbons (Fsp3) is 0.421. The van der Waals surface area contributed by atoms with Crippen LogP contribution in [0.4, 0.5) is 0 Å². The van der Waals surface area contributed by atoms with E-state index < -0.39 is 0 Å². The molecule has 3 heterocycles. The van der Waals surface area contributed by atoms with Crippen LogP contribution in [0.25, 0.3) is 11.7 Å². The van der Waals surface area contributed by atoms with Crippen LogP contribution < -0.4 is 0 Å². The van der Waals surface area contributed by atoms with Gasteiger partial charge in [0.15, 0.2) is 5.76 Å². The van der Waals surface area contributed by atoms with E-state index in [1.54, 1.807) is 34.6 Å². The highest BCUT2D eigenvalue weighted by atomic mass is 32.1. The largest absolute Gasteiger partial charge is 0.459 e.